The minimum Gasteiger partial charge on any atom is -0.343 e. The number of rotatable bonds is 8. The second kappa shape index (κ2) is 9.21. The molecule has 0 aliphatic heterocycles. The van der Waals surface area contributed by atoms with Gasteiger partial charge in [0.25, 0.3) is 0 Å². The molecule has 0 N–H and O–H groups in total. The molecule has 0 aliphatic carbocycles. The predicted octanol–water partition coefficient (Wildman–Crippen LogP) is 4.32. The van der Waals surface area contributed by atoms with E-state index in [2.05, 4.69) is 15.9 Å². The molecular weight excluding hydrogens is 354 g/mol. The Morgan fingerprint density at radius 2 is 1.67 bits per heavy atom. The highest BCUT2D eigenvalue weighted by atomic mass is 79.9. The summed E-state index contributed by atoms with van der Waals surface area (Å²) in [4.78, 5) is 25.8. The van der Waals surface area contributed by atoms with Crippen LogP contribution in [0.1, 0.15) is 43.5 Å². The van der Waals surface area contributed by atoms with E-state index in [1.807, 2.05) is 18.7 Å². The van der Waals surface area contributed by atoms with Crippen molar-refractivity contribution in [1.82, 2.24) is 4.90 Å². The third kappa shape index (κ3) is 5.79. The molecule has 0 saturated heterocycles. The topological polar surface area (TPSA) is 37.4 Å². The lowest BCUT2D eigenvalue weighted by molar-refractivity contribution is -0.131. The second-order valence-corrected chi connectivity index (χ2v) is 6.47. The first-order valence-electron chi connectivity index (χ1n) is 7.21. The number of ketones is 1. The van der Waals surface area contributed by atoms with Crippen molar-refractivity contribution in [2.45, 2.75) is 37.9 Å². The maximum Gasteiger partial charge on any atom is 0.224 e. The molecule has 0 heterocycles. The van der Waals surface area contributed by atoms with Gasteiger partial charge in [0.15, 0.2) is 5.78 Å². The lowest BCUT2D eigenvalue weighted by Crippen LogP contribution is -2.35. The zero-order chi connectivity index (χ0) is 15.8. The zero-order valence-corrected chi connectivity index (χ0v) is 14.8. The van der Waals surface area contributed by atoms with Crippen molar-refractivity contribution >= 4 is 39.2 Å². The lowest BCUT2D eigenvalue weighted by Gasteiger charge is -2.22. The standard InChI is InChI=1S/C16H21BrClNO2/c1-3-9-19(10-4-2)15(20)11-14(17)16(21)12-5-7-13(18)8-6-12/h5-8,14H,3-4,9-11H2,1-2H3/t14-/m0/s1. The largest absolute Gasteiger partial charge is 0.343 e. The first-order valence-corrected chi connectivity index (χ1v) is 8.50. The van der Waals surface area contributed by atoms with Gasteiger partial charge in [-0.3, -0.25) is 9.59 Å². The van der Waals surface area contributed by atoms with Crippen molar-refractivity contribution in [2.24, 2.45) is 0 Å². The van der Waals surface area contributed by atoms with E-state index in [0.717, 1.165) is 25.9 Å². The van der Waals surface area contributed by atoms with E-state index in [1.165, 1.54) is 0 Å². The maximum atomic E-state index is 12.3. The van der Waals surface area contributed by atoms with Gasteiger partial charge in [0, 0.05) is 30.1 Å². The van der Waals surface area contributed by atoms with E-state index in [0.29, 0.717) is 10.6 Å². The Kier molecular flexibility index (Phi) is 7.97. The fourth-order valence-electron chi connectivity index (χ4n) is 2.07. The monoisotopic (exact) mass is 373 g/mol. The Morgan fingerprint density at radius 3 is 2.14 bits per heavy atom. The summed E-state index contributed by atoms with van der Waals surface area (Å²) in [5, 5.41) is 0.589. The van der Waals surface area contributed by atoms with Crippen LogP contribution in [0.2, 0.25) is 5.02 Å². The fraction of sp³-hybridized carbons (Fsp3) is 0.500. The minimum atomic E-state index is -0.498. The number of hydrogen-bond donors (Lipinski definition) is 0. The molecule has 0 radical (unpaired) electrons. The van der Waals surface area contributed by atoms with Crippen LogP contribution in [-0.2, 0) is 4.79 Å². The number of carbonyl (C=O) groups excluding carboxylic acids is 2. The van der Waals surface area contributed by atoms with Gasteiger partial charge in [0.2, 0.25) is 5.91 Å². The minimum absolute atomic E-state index is 0.0166. The molecule has 0 saturated carbocycles. The molecule has 3 nitrogen and oxygen atoms in total. The molecule has 0 aliphatic rings. The highest BCUT2D eigenvalue weighted by Crippen LogP contribution is 2.17. The van der Waals surface area contributed by atoms with Gasteiger partial charge in [-0.05, 0) is 37.1 Å². The summed E-state index contributed by atoms with van der Waals surface area (Å²) in [6.07, 6.45) is 2.02. The molecule has 1 aromatic rings. The zero-order valence-electron chi connectivity index (χ0n) is 12.4. The van der Waals surface area contributed by atoms with Crippen molar-refractivity contribution in [3.8, 4) is 0 Å². The lowest BCUT2D eigenvalue weighted by atomic mass is 10.1. The van der Waals surface area contributed by atoms with E-state index in [-0.39, 0.29) is 18.1 Å². The average molecular weight is 375 g/mol. The van der Waals surface area contributed by atoms with Crippen LogP contribution in [0.3, 0.4) is 0 Å². The Labute approximate surface area is 139 Å². The summed E-state index contributed by atoms with van der Waals surface area (Å²) < 4.78 is 0. The third-order valence-electron chi connectivity index (χ3n) is 3.11. The van der Waals surface area contributed by atoms with Gasteiger partial charge >= 0.3 is 0 Å². The van der Waals surface area contributed by atoms with Crippen LogP contribution in [-0.4, -0.2) is 34.5 Å². The normalized spacial score (nSPS) is 12.0. The average Bonchev–Trinajstić information content (AvgIpc) is 2.47. The maximum absolute atomic E-state index is 12.3. The number of Topliss-reactive ketones (excluding diaryl/α,β-unsaturated/α-hetero) is 1. The number of halogens is 2. The molecule has 1 rings (SSSR count). The van der Waals surface area contributed by atoms with E-state index < -0.39 is 4.83 Å². The van der Waals surface area contributed by atoms with Gasteiger partial charge < -0.3 is 4.90 Å². The SMILES string of the molecule is CCCN(CCC)C(=O)C[C@H](Br)C(=O)c1ccc(Cl)cc1. The first kappa shape index (κ1) is 18.2. The van der Waals surface area contributed by atoms with Crippen LogP contribution >= 0.6 is 27.5 Å². The molecule has 5 heteroatoms. The van der Waals surface area contributed by atoms with Crippen molar-refractivity contribution in [2.75, 3.05) is 13.1 Å². The number of amides is 1. The van der Waals surface area contributed by atoms with Crippen molar-refractivity contribution < 1.29 is 9.59 Å². The van der Waals surface area contributed by atoms with Crippen molar-refractivity contribution in [3.05, 3.63) is 34.9 Å². The number of benzene rings is 1. The van der Waals surface area contributed by atoms with Gasteiger partial charge in [0.1, 0.15) is 0 Å². The van der Waals surface area contributed by atoms with Crippen LogP contribution in [0.15, 0.2) is 24.3 Å². The summed E-state index contributed by atoms with van der Waals surface area (Å²) >= 11 is 9.15. The smallest absolute Gasteiger partial charge is 0.224 e. The van der Waals surface area contributed by atoms with E-state index in [1.54, 1.807) is 24.3 Å². The van der Waals surface area contributed by atoms with Crippen LogP contribution in [0.25, 0.3) is 0 Å². The van der Waals surface area contributed by atoms with Crippen molar-refractivity contribution in [3.63, 3.8) is 0 Å². The number of carbonyl (C=O) groups is 2. The van der Waals surface area contributed by atoms with E-state index in [9.17, 15) is 9.59 Å². The Morgan fingerprint density at radius 1 is 1.14 bits per heavy atom. The van der Waals surface area contributed by atoms with Crippen LogP contribution in [0, 0.1) is 0 Å². The Bertz CT molecular complexity index is 470. The van der Waals surface area contributed by atoms with E-state index in [4.69, 9.17) is 11.6 Å². The molecule has 1 aromatic carbocycles. The summed E-state index contributed by atoms with van der Waals surface area (Å²) in [6, 6.07) is 6.71. The van der Waals surface area contributed by atoms with Gasteiger partial charge in [-0.15, -0.1) is 0 Å². The molecule has 0 bridgehead atoms. The number of hydrogen-bond acceptors (Lipinski definition) is 2. The van der Waals surface area contributed by atoms with Crippen LogP contribution < -0.4 is 0 Å². The van der Waals surface area contributed by atoms with E-state index >= 15 is 0 Å². The molecule has 116 valence electrons. The molecule has 0 aromatic heterocycles. The highest BCUT2D eigenvalue weighted by molar-refractivity contribution is 9.10. The predicted molar refractivity (Wildman–Crippen MR) is 90.3 cm³/mol. The highest BCUT2D eigenvalue weighted by Gasteiger charge is 2.22. The van der Waals surface area contributed by atoms with Gasteiger partial charge in [-0.1, -0.05) is 41.4 Å². The number of nitrogens with zero attached hydrogens (tertiary/aromatic N) is 1. The van der Waals surface area contributed by atoms with Gasteiger partial charge in [0.05, 0.1) is 4.83 Å². The Hall–Kier alpha value is -0.870. The quantitative estimate of drug-likeness (QED) is 0.502. The molecule has 1 amide bonds. The molecule has 21 heavy (non-hydrogen) atoms. The van der Waals surface area contributed by atoms with Gasteiger partial charge in [-0.2, -0.15) is 0 Å². The molecule has 0 spiro atoms. The summed E-state index contributed by atoms with van der Waals surface area (Å²) in [5.41, 5.74) is 0.562. The summed E-state index contributed by atoms with van der Waals surface area (Å²) in [5.74, 6) is -0.0733. The molecule has 0 fully saturated rings. The third-order valence-corrected chi connectivity index (χ3v) is 4.10. The van der Waals surface area contributed by atoms with Crippen LogP contribution in [0.4, 0.5) is 0 Å². The summed E-state index contributed by atoms with van der Waals surface area (Å²) in [6.45, 7) is 5.56. The molecular formula is C16H21BrClNO2. The fourth-order valence-corrected chi connectivity index (χ4v) is 2.74. The second-order valence-electron chi connectivity index (χ2n) is 4.92. The first-order chi connectivity index (χ1) is 9.99. The Balaban J connectivity index is 2.66. The van der Waals surface area contributed by atoms with Crippen LogP contribution in [0.5, 0.6) is 0 Å². The van der Waals surface area contributed by atoms with Gasteiger partial charge in [-0.25, -0.2) is 0 Å². The summed E-state index contributed by atoms with van der Waals surface area (Å²) in [7, 11) is 0. The van der Waals surface area contributed by atoms with Crippen molar-refractivity contribution in [1.29, 1.82) is 0 Å². The molecule has 0 unspecified atom stereocenters. The number of alkyl halides is 1. The molecule has 1 atom stereocenters.